The molecule has 0 N–H and O–H groups in total. The van der Waals surface area contributed by atoms with Crippen molar-refractivity contribution in [3.63, 3.8) is 0 Å². The Hall–Kier alpha value is -2.12. The average molecular weight is 375 g/mol. The predicted molar refractivity (Wildman–Crippen MR) is 105 cm³/mol. The molecule has 0 radical (unpaired) electrons. The van der Waals surface area contributed by atoms with Crippen LogP contribution in [0.25, 0.3) is 5.57 Å². The van der Waals surface area contributed by atoms with Gasteiger partial charge in [0.2, 0.25) is 0 Å². The molecule has 0 amide bonds. The summed E-state index contributed by atoms with van der Waals surface area (Å²) in [4.78, 5) is 0. The third-order valence-electron chi connectivity index (χ3n) is 4.88. The topological polar surface area (TPSA) is 0 Å². The van der Waals surface area contributed by atoms with Crippen LogP contribution in [0, 0.1) is 0 Å². The SMILES string of the molecule is Brc1ccc(C2CC(c3ccccc3)=CC2c2ccccc2)cc1. The molecule has 1 aliphatic rings. The molecule has 3 aromatic rings. The summed E-state index contributed by atoms with van der Waals surface area (Å²) in [6, 6.07) is 30.5. The van der Waals surface area contributed by atoms with Crippen LogP contribution in [0.4, 0.5) is 0 Å². The predicted octanol–water partition coefficient (Wildman–Crippen LogP) is 6.80. The third kappa shape index (κ3) is 3.09. The second-order valence-electron chi connectivity index (χ2n) is 6.36. The maximum absolute atomic E-state index is 3.55. The molecule has 4 rings (SSSR count). The normalized spacial score (nSPS) is 20.0. The van der Waals surface area contributed by atoms with Gasteiger partial charge in [-0.2, -0.15) is 0 Å². The van der Waals surface area contributed by atoms with Crippen LogP contribution >= 0.6 is 15.9 Å². The van der Waals surface area contributed by atoms with Crippen molar-refractivity contribution >= 4 is 21.5 Å². The highest BCUT2D eigenvalue weighted by atomic mass is 79.9. The van der Waals surface area contributed by atoms with Crippen molar-refractivity contribution in [3.8, 4) is 0 Å². The maximum Gasteiger partial charge on any atom is 0.0175 e. The van der Waals surface area contributed by atoms with Crippen LogP contribution < -0.4 is 0 Å². The van der Waals surface area contributed by atoms with Gasteiger partial charge in [0.05, 0.1) is 0 Å². The van der Waals surface area contributed by atoms with Gasteiger partial charge < -0.3 is 0 Å². The van der Waals surface area contributed by atoms with Gasteiger partial charge in [0.25, 0.3) is 0 Å². The second-order valence-corrected chi connectivity index (χ2v) is 7.27. The van der Waals surface area contributed by atoms with E-state index in [0.717, 1.165) is 10.9 Å². The van der Waals surface area contributed by atoms with Crippen molar-refractivity contribution in [1.29, 1.82) is 0 Å². The summed E-state index contributed by atoms with van der Waals surface area (Å²) in [6.45, 7) is 0. The van der Waals surface area contributed by atoms with Crippen LogP contribution in [0.1, 0.15) is 34.9 Å². The fourth-order valence-electron chi connectivity index (χ4n) is 3.67. The quantitative estimate of drug-likeness (QED) is 0.472. The highest BCUT2D eigenvalue weighted by Gasteiger charge is 2.30. The van der Waals surface area contributed by atoms with Gasteiger partial charge in [0, 0.05) is 10.4 Å². The summed E-state index contributed by atoms with van der Waals surface area (Å²) in [7, 11) is 0. The van der Waals surface area contributed by atoms with E-state index >= 15 is 0 Å². The molecule has 118 valence electrons. The Labute approximate surface area is 152 Å². The Morgan fingerprint density at radius 2 is 1.29 bits per heavy atom. The van der Waals surface area contributed by atoms with E-state index in [1.807, 2.05) is 0 Å². The molecule has 0 heterocycles. The van der Waals surface area contributed by atoms with Gasteiger partial charge in [0.1, 0.15) is 0 Å². The zero-order valence-electron chi connectivity index (χ0n) is 13.4. The second kappa shape index (κ2) is 6.78. The van der Waals surface area contributed by atoms with Gasteiger partial charge >= 0.3 is 0 Å². The lowest BCUT2D eigenvalue weighted by Gasteiger charge is -2.20. The van der Waals surface area contributed by atoms with Crippen LogP contribution in [-0.2, 0) is 0 Å². The number of rotatable bonds is 3. The summed E-state index contributed by atoms with van der Waals surface area (Å²) in [5.74, 6) is 0.929. The smallest absolute Gasteiger partial charge is 0.0175 e. The van der Waals surface area contributed by atoms with Gasteiger partial charge in [-0.1, -0.05) is 94.8 Å². The largest absolute Gasteiger partial charge is 0.0725 e. The molecule has 0 fully saturated rings. The summed E-state index contributed by atoms with van der Waals surface area (Å²) >= 11 is 3.55. The van der Waals surface area contributed by atoms with E-state index in [1.165, 1.54) is 22.3 Å². The molecule has 2 atom stereocenters. The Bertz CT molecular complexity index is 832. The number of hydrogen-bond acceptors (Lipinski definition) is 0. The lowest BCUT2D eigenvalue weighted by molar-refractivity contribution is 0.668. The van der Waals surface area contributed by atoms with Crippen LogP contribution in [0.3, 0.4) is 0 Å². The van der Waals surface area contributed by atoms with Gasteiger partial charge in [0.15, 0.2) is 0 Å². The highest BCUT2D eigenvalue weighted by molar-refractivity contribution is 9.10. The fourth-order valence-corrected chi connectivity index (χ4v) is 3.93. The third-order valence-corrected chi connectivity index (χ3v) is 5.41. The first kappa shape index (κ1) is 15.4. The average Bonchev–Trinajstić information content (AvgIpc) is 3.09. The Morgan fingerprint density at radius 3 is 1.96 bits per heavy atom. The minimum absolute atomic E-state index is 0.433. The molecule has 1 aliphatic carbocycles. The number of hydrogen-bond donors (Lipinski definition) is 0. The molecule has 0 saturated heterocycles. The Balaban J connectivity index is 1.74. The van der Waals surface area contributed by atoms with Gasteiger partial charge in [-0.15, -0.1) is 0 Å². The monoisotopic (exact) mass is 374 g/mol. The van der Waals surface area contributed by atoms with Crippen LogP contribution in [0.5, 0.6) is 0 Å². The van der Waals surface area contributed by atoms with Crippen molar-refractivity contribution in [3.05, 3.63) is 112 Å². The number of halogens is 1. The molecule has 0 saturated carbocycles. The minimum Gasteiger partial charge on any atom is -0.0725 e. The molecular formula is C23H19Br. The minimum atomic E-state index is 0.433. The lowest BCUT2D eigenvalue weighted by atomic mass is 9.83. The Kier molecular flexibility index (Phi) is 4.36. The molecule has 0 aromatic heterocycles. The van der Waals surface area contributed by atoms with Crippen LogP contribution in [-0.4, -0.2) is 0 Å². The molecule has 0 aliphatic heterocycles. The highest BCUT2D eigenvalue weighted by Crippen LogP contribution is 2.47. The van der Waals surface area contributed by atoms with Crippen molar-refractivity contribution in [2.45, 2.75) is 18.3 Å². The van der Waals surface area contributed by atoms with E-state index in [0.29, 0.717) is 11.8 Å². The molecule has 1 heteroatoms. The van der Waals surface area contributed by atoms with E-state index < -0.39 is 0 Å². The number of benzene rings is 3. The molecule has 0 bridgehead atoms. The molecule has 0 nitrogen and oxygen atoms in total. The summed E-state index contributed by atoms with van der Waals surface area (Å²) in [6.07, 6.45) is 3.56. The lowest BCUT2D eigenvalue weighted by Crippen LogP contribution is -2.05. The van der Waals surface area contributed by atoms with Crippen molar-refractivity contribution in [2.24, 2.45) is 0 Å². The Morgan fingerprint density at radius 1 is 0.667 bits per heavy atom. The van der Waals surface area contributed by atoms with E-state index in [-0.39, 0.29) is 0 Å². The van der Waals surface area contributed by atoms with Crippen molar-refractivity contribution in [1.82, 2.24) is 0 Å². The van der Waals surface area contributed by atoms with Gasteiger partial charge in [-0.3, -0.25) is 0 Å². The standard InChI is InChI=1S/C23H19Br/c24-21-13-11-19(12-14-21)23-16-20(17-7-3-1-4-8-17)15-22(23)18-9-5-2-6-10-18/h1-15,22-23H,16H2. The van der Waals surface area contributed by atoms with Crippen LogP contribution in [0.15, 0.2) is 95.5 Å². The molecule has 2 unspecified atom stereocenters. The maximum atomic E-state index is 3.55. The number of allylic oxidation sites excluding steroid dienone is 2. The first-order valence-corrected chi connectivity index (χ1v) is 9.17. The first-order valence-electron chi connectivity index (χ1n) is 8.38. The van der Waals surface area contributed by atoms with Gasteiger partial charge in [-0.25, -0.2) is 0 Å². The molecule has 0 spiro atoms. The van der Waals surface area contributed by atoms with E-state index in [9.17, 15) is 0 Å². The summed E-state index contributed by atoms with van der Waals surface area (Å²) in [5.41, 5.74) is 5.61. The van der Waals surface area contributed by atoms with E-state index in [1.54, 1.807) is 0 Å². The summed E-state index contributed by atoms with van der Waals surface area (Å²) in [5, 5.41) is 0. The first-order chi connectivity index (χ1) is 11.8. The zero-order chi connectivity index (χ0) is 16.4. The molecular weight excluding hydrogens is 356 g/mol. The molecule has 3 aromatic carbocycles. The summed E-state index contributed by atoms with van der Waals surface area (Å²) < 4.78 is 1.14. The van der Waals surface area contributed by atoms with E-state index in [4.69, 9.17) is 0 Å². The molecule has 24 heavy (non-hydrogen) atoms. The van der Waals surface area contributed by atoms with Gasteiger partial charge in [-0.05, 0) is 46.7 Å². The zero-order valence-corrected chi connectivity index (χ0v) is 15.0. The fraction of sp³-hybridized carbons (Fsp3) is 0.130. The van der Waals surface area contributed by atoms with E-state index in [2.05, 4.69) is 107 Å². The van der Waals surface area contributed by atoms with Crippen molar-refractivity contribution in [2.75, 3.05) is 0 Å². The van der Waals surface area contributed by atoms with Crippen molar-refractivity contribution < 1.29 is 0 Å². The van der Waals surface area contributed by atoms with Crippen LogP contribution in [0.2, 0.25) is 0 Å².